The number of esters is 1. The maximum absolute atomic E-state index is 13.9. The molecule has 0 aliphatic carbocycles. The van der Waals surface area contributed by atoms with Gasteiger partial charge >= 0.3 is 12.1 Å². The second-order valence-electron chi connectivity index (χ2n) is 10.3. The van der Waals surface area contributed by atoms with E-state index in [1.807, 2.05) is 6.92 Å². The van der Waals surface area contributed by atoms with Crippen LogP contribution in [0, 0.1) is 0 Å². The summed E-state index contributed by atoms with van der Waals surface area (Å²) < 4.78 is 10.2. The second kappa shape index (κ2) is 17.0. The van der Waals surface area contributed by atoms with Crippen LogP contribution in [-0.2, 0) is 28.7 Å². The lowest BCUT2D eigenvalue weighted by atomic mass is 10.0. The van der Waals surface area contributed by atoms with E-state index in [1.165, 1.54) is 23.1 Å². The number of ether oxygens (including phenoxy) is 2. The lowest BCUT2D eigenvalue weighted by molar-refractivity contribution is -0.144. The van der Waals surface area contributed by atoms with Crippen molar-refractivity contribution in [1.29, 1.82) is 0 Å². The van der Waals surface area contributed by atoms with E-state index in [1.54, 1.807) is 33.8 Å². The average molecular weight is 565 g/mol. The molecule has 0 saturated heterocycles. The number of alkyl carbamates (subject to hydrolysis) is 1. The van der Waals surface area contributed by atoms with Gasteiger partial charge in [-0.1, -0.05) is 38.3 Å². The van der Waals surface area contributed by atoms with Crippen LogP contribution in [0.15, 0.2) is 24.3 Å². The number of rotatable bonds is 16. The minimum atomic E-state index is -1.41. The largest absolute Gasteiger partial charge is 0.508 e. The van der Waals surface area contributed by atoms with Gasteiger partial charge in [0, 0.05) is 13.1 Å². The highest BCUT2D eigenvalue weighted by molar-refractivity contribution is 5.94. The summed E-state index contributed by atoms with van der Waals surface area (Å²) in [5.74, 6) is -2.80. The van der Waals surface area contributed by atoms with Gasteiger partial charge in [0.15, 0.2) is 0 Å². The van der Waals surface area contributed by atoms with Crippen LogP contribution in [0.1, 0.15) is 84.7 Å². The zero-order valence-corrected chi connectivity index (χ0v) is 24.2. The van der Waals surface area contributed by atoms with Crippen molar-refractivity contribution in [1.82, 2.24) is 15.5 Å². The van der Waals surface area contributed by atoms with Crippen LogP contribution in [0.4, 0.5) is 4.79 Å². The van der Waals surface area contributed by atoms with Gasteiger partial charge in [-0.15, -0.1) is 0 Å². The second-order valence-corrected chi connectivity index (χ2v) is 10.3. The Morgan fingerprint density at radius 3 is 2.35 bits per heavy atom. The number of nitrogens with zero attached hydrogens (tertiary/aromatic N) is 1. The topological polar surface area (TPSA) is 177 Å². The van der Waals surface area contributed by atoms with E-state index >= 15 is 0 Å². The van der Waals surface area contributed by atoms with E-state index in [0.29, 0.717) is 12.0 Å². The number of hydrogen-bond acceptors (Lipinski definition) is 8. The first kappa shape index (κ1) is 34.2. The van der Waals surface area contributed by atoms with Gasteiger partial charge < -0.3 is 35.8 Å². The normalized spacial score (nSPS) is 12.5. The molecule has 1 rings (SSSR count). The summed E-state index contributed by atoms with van der Waals surface area (Å²) in [6.45, 7) is 8.90. The van der Waals surface area contributed by atoms with Gasteiger partial charge in [0.1, 0.15) is 23.4 Å². The molecule has 1 aromatic rings. The van der Waals surface area contributed by atoms with E-state index in [2.05, 4.69) is 10.6 Å². The molecule has 12 nitrogen and oxygen atoms in total. The van der Waals surface area contributed by atoms with E-state index in [9.17, 15) is 29.1 Å². The predicted octanol–water partition coefficient (Wildman–Crippen LogP) is 2.68. The minimum Gasteiger partial charge on any atom is -0.508 e. The summed E-state index contributed by atoms with van der Waals surface area (Å²) in [6.07, 6.45) is 1.58. The molecule has 40 heavy (non-hydrogen) atoms. The van der Waals surface area contributed by atoms with Crippen LogP contribution in [-0.4, -0.2) is 71.1 Å². The molecule has 0 aliphatic heterocycles. The van der Waals surface area contributed by atoms with E-state index in [0.717, 1.165) is 19.3 Å². The van der Waals surface area contributed by atoms with Crippen molar-refractivity contribution in [2.24, 2.45) is 5.73 Å². The number of phenolic OH excluding ortho intramolecular Hbond substituents is 1. The summed E-state index contributed by atoms with van der Waals surface area (Å²) in [5.41, 5.74) is 4.83. The fraction of sp³-hybridized carbons (Fsp3) is 0.607. The summed E-state index contributed by atoms with van der Waals surface area (Å²) in [7, 11) is 0. The smallest absolute Gasteiger partial charge is 0.408 e. The fourth-order valence-electron chi connectivity index (χ4n) is 3.91. The van der Waals surface area contributed by atoms with Crippen LogP contribution < -0.4 is 16.4 Å². The highest BCUT2D eigenvalue weighted by Crippen LogP contribution is 2.26. The third kappa shape index (κ3) is 12.8. The van der Waals surface area contributed by atoms with Crippen LogP contribution in [0.2, 0.25) is 0 Å². The predicted molar refractivity (Wildman–Crippen MR) is 148 cm³/mol. The van der Waals surface area contributed by atoms with Crippen molar-refractivity contribution in [2.45, 2.75) is 90.8 Å². The van der Waals surface area contributed by atoms with Crippen LogP contribution in [0.25, 0.3) is 0 Å². The number of hydrogen-bond donors (Lipinski definition) is 4. The number of nitrogens with two attached hydrogens (primary N) is 1. The molecule has 0 spiro atoms. The lowest BCUT2D eigenvalue weighted by Crippen LogP contribution is -2.54. The van der Waals surface area contributed by atoms with Crippen molar-refractivity contribution in [3.05, 3.63) is 29.8 Å². The highest BCUT2D eigenvalue weighted by atomic mass is 16.6. The molecule has 1 aromatic carbocycles. The van der Waals surface area contributed by atoms with Crippen molar-refractivity contribution >= 4 is 29.8 Å². The van der Waals surface area contributed by atoms with E-state index < -0.39 is 53.9 Å². The Balaban J connectivity index is 3.44. The number of aromatic hydroxyl groups is 1. The molecule has 0 heterocycles. The van der Waals surface area contributed by atoms with Gasteiger partial charge in [0.05, 0.1) is 19.4 Å². The Morgan fingerprint density at radius 2 is 1.77 bits per heavy atom. The van der Waals surface area contributed by atoms with Crippen molar-refractivity contribution in [3.8, 4) is 5.75 Å². The van der Waals surface area contributed by atoms with E-state index in [4.69, 9.17) is 15.2 Å². The first-order chi connectivity index (χ1) is 18.8. The van der Waals surface area contributed by atoms with Crippen molar-refractivity contribution in [2.75, 3.05) is 19.7 Å². The third-order valence-corrected chi connectivity index (χ3v) is 5.61. The fourth-order valence-corrected chi connectivity index (χ4v) is 3.91. The lowest BCUT2D eigenvalue weighted by Gasteiger charge is -2.34. The number of benzene rings is 1. The van der Waals surface area contributed by atoms with Gasteiger partial charge in [0.2, 0.25) is 17.7 Å². The molecule has 5 N–H and O–H groups in total. The van der Waals surface area contributed by atoms with Crippen molar-refractivity contribution in [3.63, 3.8) is 0 Å². The quantitative estimate of drug-likeness (QED) is 0.175. The molecule has 2 unspecified atom stereocenters. The number of phenols is 1. The summed E-state index contributed by atoms with van der Waals surface area (Å²) in [5, 5.41) is 15.2. The third-order valence-electron chi connectivity index (χ3n) is 5.61. The summed E-state index contributed by atoms with van der Waals surface area (Å²) in [4.78, 5) is 65.0. The molecule has 0 aliphatic rings. The number of amides is 4. The van der Waals surface area contributed by atoms with Crippen LogP contribution >= 0.6 is 0 Å². The molecule has 4 amide bonds. The highest BCUT2D eigenvalue weighted by Gasteiger charge is 2.37. The monoisotopic (exact) mass is 564 g/mol. The molecule has 0 bridgehead atoms. The Bertz CT molecular complexity index is 1010. The molecular weight excluding hydrogens is 520 g/mol. The Morgan fingerprint density at radius 1 is 1.07 bits per heavy atom. The van der Waals surface area contributed by atoms with Gasteiger partial charge in [-0.3, -0.25) is 19.2 Å². The number of unbranched alkanes of at least 4 members (excludes halogenated alkanes) is 3. The van der Waals surface area contributed by atoms with Gasteiger partial charge in [-0.2, -0.15) is 0 Å². The summed E-state index contributed by atoms with van der Waals surface area (Å²) in [6, 6.07) is 3.22. The number of carbonyl (C=O) groups excluding carboxylic acids is 5. The Hall–Kier alpha value is -3.83. The van der Waals surface area contributed by atoms with E-state index in [-0.39, 0.29) is 31.9 Å². The zero-order valence-electron chi connectivity index (χ0n) is 24.2. The minimum absolute atomic E-state index is 0.0499. The SMILES string of the molecule is CCCCCCN(C(=O)C(CC(N)=O)NC(=O)OC(C)(C)C)C(C(=O)NCCC(=O)OCC)c1cccc(O)c1. The first-order valence-corrected chi connectivity index (χ1v) is 13.6. The van der Waals surface area contributed by atoms with Crippen LogP contribution in [0.3, 0.4) is 0 Å². The number of nitrogens with one attached hydrogen (secondary N) is 2. The Labute approximate surface area is 235 Å². The Kier molecular flexibility index (Phi) is 14.5. The molecule has 0 fully saturated rings. The van der Waals surface area contributed by atoms with Gasteiger partial charge in [0.25, 0.3) is 0 Å². The molecule has 12 heteroatoms. The van der Waals surface area contributed by atoms with Gasteiger partial charge in [-0.05, 0) is 51.8 Å². The number of carbonyl (C=O) groups is 5. The first-order valence-electron chi connectivity index (χ1n) is 13.6. The molecule has 0 aromatic heterocycles. The van der Waals surface area contributed by atoms with Gasteiger partial charge in [-0.25, -0.2) is 4.79 Å². The standard InChI is InChI=1S/C28H44N4O8/c1-6-8-9-10-16-32(26(37)21(18-22(29)34)31-27(38)40-28(3,4)5)24(19-12-11-13-20(33)17-19)25(36)30-15-14-23(35)39-7-2/h11-13,17,21,24,33H,6-10,14-16,18H2,1-5H3,(H2,29,34)(H,30,36)(H,31,38). The molecule has 224 valence electrons. The molecule has 0 saturated carbocycles. The summed E-state index contributed by atoms with van der Waals surface area (Å²) >= 11 is 0. The zero-order chi connectivity index (χ0) is 30.3. The maximum atomic E-state index is 13.9. The molecule has 0 radical (unpaired) electrons. The molecular formula is C28H44N4O8. The maximum Gasteiger partial charge on any atom is 0.408 e. The molecule has 2 atom stereocenters. The van der Waals surface area contributed by atoms with Crippen LogP contribution in [0.5, 0.6) is 5.75 Å². The average Bonchev–Trinajstić information content (AvgIpc) is 2.83. The van der Waals surface area contributed by atoms with Crippen molar-refractivity contribution < 1.29 is 38.6 Å². The number of primary amides is 1.